The number of carbonyl (C=O) groups is 1. The van der Waals surface area contributed by atoms with Crippen LogP contribution in [0.2, 0.25) is 0 Å². The molecule has 0 aromatic carbocycles. The van der Waals surface area contributed by atoms with Crippen molar-refractivity contribution in [3.8, 4) is 0 Å². The van der Waals surface area contributed by atoms with Crippen LogP contribution in [-0.2, 0) is 27.2 Å². The van der Waals surface area contributed by atoms with E-state index >= 15 is 0 Å². The van der Waals surface area contributed by atoms with Crippen LogP contribution in [0.1, 0.15) is 13.3 Å². The Morgan fingerprint density at radius 2 is 2.25 bits per heavy atom. The Labute approximate surface area is 62.6 Å². The summed E-state index contributed by atoms with van der Waals surface area (Å²) in [6.07, 6.45) is -1.80. The zero-order chi connectivity index (χ0) is 5.86. The van der Waals surface area contributed by atoms with Crippen LogP contribution in [0.25, 0.3) is 0 Å². The standard InChI is InChI=1S/C4H7FO2.Ag/c1-2-3(5)4(6)7;/h3H,2H2,1H3,(H,6,7);/q;+1/p-1. The summed E-state index contributed by atoms with van der Waals surface area (Å²) in [7, 11) is 0. The van der Waals surface area contributed by atoms with Gasteiger partial charge in [-0.15, -0.1) is 0 Å². The van der Waals surface area contributed by atoms with Crippen molar-refractivity contribution in [3.63, 3.8) is 0 Å². The molecule has 4 heteroatoms. The van der Waals surface area contributed by atoms with E-state index in [2.05, 4.69) is 0 Å². The average Bonchev–Trinajstić information content (AvgIpc) is 1.65. The topological polar surface area (TPSA) is 40.1 Å². The second-order valence-electron chi connectivity index (χ2n) is 1.19. The number of hydrogen-bond acceptors (Lipinski definition) is 2. The minimum absolute atomic E-state index is 0. The number of carbonyl (C=O) groups excluding carboxylic acids is 1. The Kier molecular flexibility index (Phi) is 7.27. The molecule has 0 aromatic rings. The van der Waals surface area contributed by atoms with Crippen LogP contribution in [0.3, 0.4) is 0 Å². The van der Waals surface area contributed by atoms with E-state index in [-0.39, 0.29) is 28.8 Å². The summed E-state index contributed by atoms with van der Waals surface area (Å²) in [5.74, 6) is -1.62. The zero-order valence-electron chi connectivity index (χ0n) is 4.28. The summed E-state index contributed by atoms with van der Waals surface area (Å²) >= 11 is 0. The Morgan fingerprint density at radius 1 is 1.88 bits per heavy atom. The third-order valence-electron chi connectivity index (χ3n) is 0.614. The van der Waals surface area contributed by atoms with Gasteiger partial charge in [0, 0.05) is 0 Å². The molecule has 1 unspecified atom stereocenters. The first kappa shape index (κ1) is 11.0. The number of aliphatic carboxylic acids is 1. The Hall–Kier alpha value is 0.140. The molecule has 2 nitrogen and oxygen atoms in total. The third kappa shape index (κ3) is 4.30. The number of rotatable bonds is 2. The van der Waals surface area contributed by atoms with Gasteiger partial charge in [0.25, 0.3) is 0 Å². The van der Waals surface area contributed by atoms with Crippen molar-refractivity contribution >= 4 is 5.97 Å². The quantitative estimate of drug-likeness (QED) is 0.579. The molecule has 0 radical (unpaired) electrons. The predicted molar refractivity (Wildman–Crippen MR) is 20.2 cm³/mol. The van der Waals surface area contributed by atoms with E-state index in [0.29, 0.717) is 0 Å². The molecule has 0 aromatic heterocycles. The summed E-state index contributed by atoms with van der Waals surface area (Å²) in [4.78, 5) is 9.44. The van der Waals surface area contributed by atoms with Crippen LogP contribution >= 0.6 is 0 Å². The van der Waals surface area contributed by atoms with E-state index in [4.69, 9.17) is 0 Å². The molecule has 8 heavy (non-hydrogen) atoms. The number of halogens is 1. The van der Waals surface area contributed by atoms with Gasteiger partial charge in [-0.1, -0.05) is 6.92 Å². The largest absolute Gasteiger partial charge is 1.00 e. The van der Waals surface area contributed by atoms with Crippen molar-refractivity contribution < 1.29 is 36.7 Å². The molecule has 0 heterocycles. The molecular weight excluding hydrogens is 207 g/mol. The van der Waals surface area contributed by atoms with Gasteiger partial charge in [0.15, 0.2) is 0 Å². The molecule has 0 aliphatic rings. The van der Waals surface area contributed by atoms with E-state index < -0.39 is 12.1 Å². The molecule has 0 N–H and O–H groups in total. The second kappa shape index (κ2) is 5.28. The van der Waals surface area contributed by atoms with Gasteiger partial charge >= 0.3 is 22.4 Å². The molecule has 0 aliphatic heterocycles. The number of alkyl halides is 1. The minimum Gasteiger partial charge on any atom is -0.547 e. The van der Waals surface area contributed by atoms with Crippen molar-refractivity contribution in [2.45, 2.75) is 19.5 Å². The fourth-order valence-electron chi connectivity index (χ4n) is 0.167. The van der Waals surface area contributed by atoms with Crippen LogP contribution in [0.15, 0.2) is 0 Å². The first-order valence-corrected chi connectivity index (χ1v) is 2.03. The van der Waals surface area contributed by atoms with Crippen LogP contribution in [-0.4, -0.2) is 12.1 Å². The Bertz CT molecular complexity index is 76.4. The van der Waals surface area contributed by atoms with Gasteiger partial charge in [-0.05, 0) is 6.42 Å². The van der Waals surface area contributed by atoms with Gasteiger partial charge in [-0.3, -0.25) is 0 Å². The summed E-state index contributed by atoms with van der Waals surface area (Å²) in [5.41, 5.74) is 0. The zero-order valence-corrected chi connectivity index (χ0v) is 5.76. The van der Waals surface area contributed by atoms with E-state index in [9.17, 15) is 14.3 Å². The SMILES string of the molecule is CCC(F)C(=O)[O-].[Ag+]. The van der Waals surface area contributed by atoms with E-state index in [0.717, 1.165) is 0 Å². The van der Waals surface area contributed by atoms with Crippen LogP contribution in [0, 0.1) is 0 Å². The van der Waals surface area contributed by atoms with Gasteiger partial charge in [-0.25, -0.2) is 4.39 Å². The molecule has 1 atom stereocenters. The summed E-state index contributed by atoms with van der Waals surface area (Å²) < 4.78 is 11.6. The van der Waals surface area contributed by atoms with Crippen LogP contribution in [0.5, 0.6) is 0 Å². The molecule has 0 saturated heterocycles. The molecule has 0 aliphatic carbocycles. The molecule has 0 spiro atoms. The van der Waals surface area contributed by atoms with E-state index in [1.807, 2.05) is 0 Å². The van der Waals surface area contributed by atoms with E-state index in [1.54, 1.807) is 0 Å². The van der Waals surface area contributed by atoms with Gasteiger partial charge in [0.1, 0.15) is 6.17 Å². The van der Waals surface area contributed by atoms with E-state index in [1.165, 1.54) is 6.92 Å². The van der Waals surface area contributed by atoms with Gasteiger partial charge in [0.2, 0.25) is 0 Å². The van der Waals surface area contributed by atoms with Crippen molar-refractivity contribution in [1.82, 2.24) is 0 Å². The van der Waals surface area contributed by atoms with Gasteiger partial charge in [-0.2, -0.15) is 0 Å². The van der Waals surface area contributed by atoms with Crippen LogP contribution < -0.4 is 5.11 Å². The fraction of sp³-hybridized carbons (Fsp3) is 0.750. The average molecular weight is 213 g/mol. The monoisotopic (exact) mass is 212 g/mol. The molecule has 0 fully saturated rings. The van der Waals surface area contributed by atoms with Gasteiger partial charge < -0.3 is 9.90 Å². The maximum absolute atomic E-state index is 11.6. The maximum atomic E-state index is 11.6. The predicted octanol–water partition coefficient (Wildman–Crippen LogP) is -0.518. The Balaban J connectivity index is 0. The smallest absolute Gasteiger partial charge is 0.547 e. The third-order valence-corrected chi connectivity index (χ3v) is 0.614. The molecule has 52 valence electrons. The minimum atomic E-state index is -1.79. The van der Waals surface area contributed by atoms with Crippen molar-refractivity contribution in [3.05, 3.63) is 0 Å². The summed E-state index contributed by atoms with van der Waals surface area (Å²) in [5, 5.41) is 9.44. The normalized spacial score (nSPS) is 11.8. The molecule has 0 bridgehead atoms. The van der Waals surface area contributed by atoms with Crippen molar-refractivity contribution in [2.24, 2.45) is 0 Å². The number of carboxylic acids is 1. The first-order valence-electron chi connectivity index (χ1n) is 2.03. The Morgan fingerprint density at radius 3 is 2.25 bits per heavy atom. The molecule has 0 rings (SSSR count). The fourth-order valence-corrected chi connectivity index (χ4v) is 0.167. The second-order valence-corrected chi connectivity index (χ2v) is 1.19. The first-order chi connectivity index (χ1) is 3.18. The number of carboxylic acid groups (broad SMARTS) is 1. The maximum Gasteiger partial charge on any atom is 1.00 e. The summed E-state index contributed by atoms with van der Waals surface area (Å²) in [6, 6.07) is 0. The molecular formula is C4H6AgFO2. The van der Waals surface area contributed by atoms with Crippen molar-refractivity contribution in [1.29, 1.82) is 0 Å². The molecule has 0 amide bonds. The van der Waals surface area contributed by atoms with Crippen molar-refractivity contribution in [2.75, 3.05) is 0 Å². The number of hydrogen-bond donors (Lipinski definition) is 0. The summed E-state index contributed by atoms with van der Waals surface area (Å²) in [6.45, 7) is 1.44. The van der Waals surface area contributed by atoms with Gasteiger partial charge in [0.05, 0.1) is 5.97 Å². The molecule has 0 saturated carbocycles. The van der Waals surface area contributed by atoms with Crippen LogP contribution in [0.4, 0.5) is 4.39 Å².